The van der Waals surface area contributed by atoms with Crippen LogP contribution in [0.5, 0.6) is 5.75 Å². The average molecular weight is 175 g/mol. The number of ether oxygens (including phenoxy) is 1. The van der Waals surface area contributed by atoms with Gasteiger partial charge >= 0.3 is 0 Å². The Morgan fingerprint density at radius 3 is 2.77 bits per heavy atom. The Bertz CT molecular complexity index is 289. The predicted molar refractivity (Wildman–Crippen MR) is 55.0 cm³/mol. The Labute approximate surface area is 80.0 Å². The van der Waals surface area contributed by atoms with Crippen LogP contribution in [0.15, 0.2) is 24.8 Å². The molecule has 0 heterocycles. The average Bonchev–Trinajstić information content (AvgIpc) is 2.19. The van der Waals surface area contributed by atoms with Crippen LogP contribution in [0.25, 0.3) is 0 Å². The van der Waals surface area contributed by atoms with E-state index in [4.69, 9.17) is 4.74 Å². The molecule has 0 fully saturated rings. The standard InChI is InChI=1S/C12H15O/c1-4-6-11-8-7-10(5-2)9-12(11)13-3/h7-9H,2,4,6H2,1,3H3. The van der Waals surface area contributed by atoms with Gasteiger partial charge in [0.1, 0.15) is 5.75 Å². The van der Waals surface area contributed by atoms with Crippen molar-refractivity contribution in [3.05, 3.63) is 42.0 Å². The first-order valence-corrected chi connectivity index (χ1v) is 4.51. The van der Waals surface area contributed by atoms with E-state index in [0.29, 0.717) is 0 Å². The van der Waals surface area contributed by atoms with Gasteiger partial charge in [-0.15, -0.1) is 0 Å². The van der Waals surface area contributed by atoms with Crippen LogP contribution in [-0.4, -0.2) is 7.11 Å². The summed E-state index contributed by atoms with van der Waals surface area (Å²) in [7, 11) is 1.70. The summed E-state index contributed by atoms with van der Waals surface area (Å²) in [5.41, 5.74) is 2.24. The monoisotopic (exact) mass is 175 g/mol. The molecule has 0 N–H and O–H groups in total. The lowest BCUT2D eigenvalue weighted by atomic mass is 10.1. The third-order valence-corrected chi connectivity index (χ3v) is 2.01. The van der Waals surface area contributed by atoms with Gasteiger partial charge in [-0.2, -0.15) is 0 Å². The molecule has 1 rings (SSSR count). The summed E-state index contributed by atoms with van der Waals surface area (Å²) in [6.07, 6.45) is 5.03. The second-order valence-corrected chi connectivity index (χ2v) is 2.95. The Kier molecular flexibility index (Phi) is 3.56. The van der Waals surface area contributed by atoms with Crippen LogP contribution >= 0.6 is 0 Å². The Balaban J connectivity index is 3.00. The highest BCUT2D eigenvalue weighted by Crippen LogP contribution is 2.21. The highest BCUT2D eigenvalue weighted by atomic mass is 16.5. The summed E-state index contributed by atoms with van der Waals surface area (Å²) in [5.74, 6) is 0.940. The van der Waals surface area contributed by atoms with Gasteiger partial charge < -0.3 is 4.74 Å². The lowest BCUT2D eigenvalue weighted by molar-refractivity contribution is 0.409. The molecule has 0 saturated carbocycles. The lowest BCUT2D eigenvalue weighted by Gasteiger charge is -2.07. The van der Waals surface area contributed by atoms with E-state index in [0.717, 1.165) is 24.2 Å². The van der Waals surface area contributed by atoms with Crippen molar-refractivity contribution in [2.45, 2.75) is 19.8 Å². The minimum atomic E-state index is 0.940. The zero-order valence-corrected chi connectivity index (χ0v) is 8.26. The molecule has 13 heavy (non-hydrogen) atoms. The highest BCUT2D eigenvalue weighted by molar-refractivity contribution is 5.39. The number of benzene rings is 1. The summed E-state index contributed by atoms with van der Waals surface area (Å²) in [6, 6.07) is 6.06. The number of aryl methyl sites for hydroxylation is 1. The smallest absolute Gasteiger partial charge is 0.122 e. The molecule has 0 aliphatic rings. The van der Waals surface area contributed by atoms with Crippen molar-refractivity contribution in [3.8, 4) is 5.75 Å². The molecular formula is C12H15O. The minimum absolute atomic E-state index is 0.940. The van der Waals surface area contributed by atoms with Gasteiger partial charge in [-0.3, -0.25) is 0 Å². The quantitative estimate of drug-likeness (QED) is 0.683. The van der Waals surface area contributed by atoms with E-state index in [2.05, 4.69) is 25.6 Å². The Hall–Kier alpha value is -1.24. The van der Waals surface area contributed by atoms with E-state index >= 15 is 0 Å². The molecule has 0 amide bonds. The van der Waals surface area contributed by atoms with E-state index in [1.807, 2.05) is 12.1 Å². The first kappa shape index (κ1) is 9.85. The van der Waals surface area contributed by atoms with Crippen LogP contribution in [0.2, 0.25) is 0 Å². The van der Waals surface area contributed by atoms with Gasteiger partial charge in [0.15, 0.2) is 0 Å². The number of rotatable bonds is 4. The van der Waals surface area contributed by atoms with Crippen molar-refractivity contribution in [2.75, 3.05) is 7.11 Å². The topological polar surface area (TPSA) is 9.23 Å². The molecule has 69 valence electrons. The summed E-state index contributed by atoms with van der Waals surface area (Å²) in [4.78, 5) is 0. The van der Waals surface area contributed by atoms with Gasteiger partial charge in [-0.1, -0.05) is 32.1 Å². The molecule has 1 nitrogen and oxygen atoms in total. The Morgan fingerprint density at radius 2 is 2.23 bits per heavy atom. The SMILES string of the molecule is C=[C]c1ccc(CCC)c(OC)c1. The maximum atomic E-state index is 5.27. The molecule has 0 aromatic heterocycles. The third-order valence-electron chi connectivity index (χ3n) is 2.01. The van der Waals surface area contributed by atoms with Crippen molar-refractivity contribution in [3.63, 3.8) is 0 Å². The maximum Gasteiger partial charge on any atom is 0.122 e. The molecule has 0 saturated heterocycles. The molecule has 0 aliphatic heterocycles. The van der Waals surface area contributed by atoms with Gasteiger partial charge in [-0.05, 0) is 29.7 Å². The zero-order valence-electron chi connectivity index (χ0n) is 8.26. The van der Waals surface area contributed by atoms with E-state index in [1.54, 1.807) is 7.11 Å². The van der Waals surface area contributed by atoms with Gasteiger partial charge in [0.25, 0.3) is 0 Å². The molecule has 1 aromatic rings. The fraction of sp³-hybridized carbons (Fsp3) is 0.333. The predicted octanol–water partition coefficient (Wildman–Crippen LogP) is 2.98. The van der Waals surface area contributed by atoms with E-state index in [-0.39, 0.29) is 0 Å². The first-order chi connectivity index (χ1) is 6.31. The summed E-state index contributed by atoms with van der Waals surface area (Å²) in [5, 5.41) is 0. The van der Waals surface area contributed by atoms with Crippen molar-refractivity contribution in [2.24, 2.45) is 0 Å². The lowest BCUT2D eigenvalue weighted by Crippen LogP contribution is -1.92. The summed E-state index contributed by atoms with van der Waals surface area (Å²) < 4.78 is 5.27. The number of hydrogen-bond donors (Lipinski definition) is 0. The second kappa shape index (κ2) is 4.70. The maximum absolute atomic E-state index is 5.27. The minimum Gasteiger partial charge on any atom is -0.496 e. The first-order valence-electron chi connectivity index (χ1n) is 4.51. The fourth-order valence-corrected chi connectivity index (χ4v) is 1.33. The van der Waals surface area contributed by atoms with Gasteiger partial charge in [0, 0.05) is 0 Å². The molecule has 0 bridgehead atoms. The number of methoxy groups -OCH3 is 1. The summed E-state index contributed by atoms with van der Waals surface area (Å²) >= 11 is 0. The molecule has 1 radical (unpaired) electrons. The largest absolute Gasteiger partial charge is 0.496 e. The molecule has 0 spiro atoms. The van der Waals surface area contributed by atoms with Gasteiger partial charge in [0.05, 0.1) is 7.11 Å². The molecule has 1 heteroatoms. The van der Waals surface area contributed by atoms with Crippen LogP contribution < -0.4 is 4.74 Å². The fourth-order valence-electron chi connectivity index (χ4n) is 1.33. The normalized spacial score (nSPS) is 9.69. The number of hydrogen-bond acceptors (Lipinski definition) is 1. The van der Waals surface area contributed by atoms with Crippen molar-refractivity contribution >= 4 is 0 Å². The van der Waals surface area contributed by atoms with Gasteiger partial charge in [0.2, 0.25) is 0 Å². The van der Waals surface area contributed by atoms with E-state index < -0.39 is 0 Å². The van der Waals surface area contributed by atoms with Crippen molar-refractivity contribution in [1.82, 2.24) is 0 Å². The van der Waals surface area contributed by atoms with Crippen molar-refractivity contribution in [1.29, 1.82) is 0 Å². The van der Waals surface area contributed by atoms with E-state index in [9.17, 15) is 0 Å². The van der Waals surface area contributed by atoms with E-state index in [1.165, 1.54) is 5.56 Å². The van der Waals surface area contributed by atoms with Crippen LogP contribution in [0.4, 0.5) is 0 Å². The second-order valence-electron chi connectivity index (χ2n) is 2.95. The molecular weight excluding hydrogens is 160 g/mol. The van der Waals surface area contributed by atoms with Crippen LogP contribution in [0, 0.1) is 6.08 Å². The van der Waals surface area contributed by atoms with Gasteiger partial charge in [-0.25, -0.2) is 0 Å². The molecule has 0 aliphatic carbocycles. The van der Waals surface area contributed by atoms with Crippen molar-refractivity contribution < 1.29 is 4.74 Å². The molecule has 0 unspecified atom stereocenters. The van der Waals surface area contributed by atoms with Crippen LogP contribution in [0.3, 0.4) is 0 Å². The van der Waals surface area contributed by atoms with Crippen LogP contribution in [-0.2, 0) is 6.42 Å². The molecule has 1 aromatic carbocycles. The highest BCUT2D eigenvalue weighted by Gasteiger charge is 2.01. The Morgan fingerprint density at radius 1 is 1.46 bits per heavy atom. The third kappa shape index (κ3) is 2.35. The summed E-state index contributed by atoms with van der Waals surface area (Å²) in [6.45, 7) is 5.76. The molecule has 0 atom stereocenters. The van der Waals surface area contributed by atoms with Crippen LogP contribution in [0.1, 0.15) is 24.5 Å². The zero-order chi connectivity index (χ0) is 9.68.